The van der Waals surface area contributed by atoms with Crippen LogP contribution >= 0.6 is 0 Å². The lowest BCUT2D eigenvalue weighted by molar-refractivity contribution is 0.482. The van der Waals surface area contributed by atoms with E-state index < -0.39 is 0 Å². The Bertz CT molecular complexity index is 1640. The average molecular weight is 518 g/mol. The van der Waals surface area contributed by atoms with Crippen molar-refractivity contribution in [3.63, 3.8) is 0 Å². The van der Waals surface area contributed by atoms with Gasteiger partial charge >= 0.3 is 0 Å². The molecule has 0 bridgehead atoms. The van der Waals surface area contributed by atoms with Gasteiger partial charge in [-0.25, -0.2) is 0 Å². The molecule has 0 unspecified atom stereocenters. The second kappa shape index (κ2) is 11.9. The number of hydrogen-bond donors (Lipinski definition) is 0. The highest BCUT2D eigenvalue weighted by Gasteiger charge is 2.12. The minimum atomic E-state index is 0.784. The zero-order valence-electron chi connectivity index (χ0n) is 21.8. The summed E-state index contributed by atoms with van der Waals surface area (Å²) in [6.45, 7) is 0. The van der Waals surface area contributed by atoms with Crippen LogP contribution < -0.4 is 9.64 Å². The normalized spacial score (nSPS) is 10.9. The van der Waals surface area contributed by atoms with Crippen molar-refractivity contribution >= 4 is 29.2 Å². The van der Waals surface area contributed by atoms with Crippen LogP contribution in [0, 0.1) is 0 Å². The molecule has 0 spiro atoms. The SMILES string of the molecule is C(=C\c1ccnc(-c2ccccn2)c1)/c1ccc(Oc2ccc(N(c3ccccc3)c3ccccc3)cc2)cc1. The molecule has 192 valence electrons. The summed E-state index contributed by atoms with van der Waals surface area (Å²) in [5, 5.41) is 0. The highest BCUT2D eigenvalue weighted by Crippen LogP contribution is 2.35. The molecule has 2 heterocycles. The van der Waals surface area contributed by atoms with Crippen molar-refractivity contribution in [2.75, 3.05) is 4.90 Å². The van der Waals surface area contributed by atoms with Crippen molar-refractivity contribution in [3.05, 3.63) is 163 Å². The topological polar surface area (TPSA) is 38.3 Å². The molecule has 6 aromatic rings. The first-order chi connectivity index (χ1) is 19.8. The van der Waals surface area contributed by atoms with Crippen LogP contribution in [-0.4, -0.2) is 9.97 Å². The molecule has 4 aromatic carbocycles. The van der Waals surface area contributed by atoms with Gasteiger partial charge in [-0.05, 0) is 96.1 Å². The quantitative estimate of drug-likeness (QED) is 0.201. The summed E-state index contributed by atoms with van der Waals surface area (Å²) < 4.78 is 6.15. The average Bonchev–Trinajstić information content (AvgIpc) is 3.03. The zero-order chi connectivity index (χ0) is 27.0. The molecule has 0 fully saturated rings. The lowest BCUT2D eigenvalue weighted by Gasteiger charge is -2.25. The Hall–Kier alpha value is -5.48. The van der Waals surface area contributed by atoms with Crippen LogP contribution in [0.2, 0.25) is 0 Å². The molecular formula is C36H27N3O. The van der Waals surface area contributed by atoms with Crippen LogP contribution in [0.4, 0.5) is 17.1 Å². The van der Waals surface area contributed by atoms with Gasteiger partial charge in [0.1, 0.15) is 11.5 Å². The maximum Gasteiger partial charge on any atom is 0.127 e. The van der Waals surface area contributed by atoms with E-state index >= 15 is 0 Å². The number of hydrogen-bond acceptors (Lipinski definition) is 4. The number of benzene rings is 4. The van der Waals surface area contributed by atoms with E-state index in [2.05, 4.69) is 87.7 Å². The summed E-state index contributed by atoms with van der Waals surface area (Å²) in [6.07, 6.45) is 7.75. The number of pyridine rings is 2. The molecule has 0 aliphatic rings. The summed E-state index contributed by atoms with van der Waals surface area (Å²) in [7, 11) is 0. The lowest BCUT2D eigenvalue weighted by atomic mass is 10.1. The van der Waals surface area contributed by atoms with Gasteiger partial charge in [0.25, 0.3) is 0 Å². The molecule has 0 amide bonds. The van der Waals surface area contributed by atoms with Gasteiger partial charge in [-0.3, -0.25) is 9.97 Å². The first kappa shape index (κ1) is 24.8. The highest BCUT2D eigenvalue weighted by atomic mass is 16.5. The number of rotatable bonds is 8. The van der Waals surface area contributed by atoms with Crippen molar-refractivity contribution in [3.8, 4) is 22.9 Å². The van der Waals surface area contributed by atoms with Gasteiger partial charge < -0.3 is 9.64 Å². The van der Waals surface area contributed by atoms with Crippen molar-refractivity contribution in [1.82, 2.24) is 9.97 Å². The van der Waals surface area contributed by atoms with Gasteiger partial charge in [0, 0.05) is 29.5 Å². The monoisotopic (exact) mass is 517 g/mol. The molecule has 0 saturated heterocycles. The van der Waals surface area contributed by atoms with Crippen molar-refractivity contribution in [2.45, 2.75) is 0 Å². The molecular weight excluding hydrogens is 490 g/mol. The Morgan fingerprint density at radius 1 is 0.450 bits per heavy atom. The molecule has 0 N–H and O–H groups in total. The minimum absolute atomic E-state index is 0.784. The minimum Gasteiger partial charge on any atom is -0.457 e. The Labute approximate surface area is 234 Å². The van der Waals surface area contributed by atoms with Crippen LogP contribution in [0.1, 0.15) is 11.1 Å². The second-order valence-electron chi connectivity index (χ2n) is 9.19. The summed E-state index contributed by atoms with van der Waals surface area (Å²) in [6, 6.07) is 46.8. The Morgan fingerprint density at radius 2 is 1.00 bits per heavy atom. The fraction of sp³-hybridized carbons (Fsp3) is 0. The first-order valence-corrected chi connectivity index (χ1v) is 13.2. The summed E-state index contributed by atoms with van der Waals surface area (Å²) in [4.78, 5) is 11.1. The van der Waals surface area contributed by atoms with E-state index in [0.29, 0.717) is 0 Å². The van der Waals surface area contributed by atoms with E-state index in [1.54, 1.807) is 6.20 Å². The number of ether oxygens (including phenoxy) is 1. The molecule has 40 heavy (non-hydrogen) atoms. The number of anilines is 3. The third-order valence-corrected chi connectivity index (χ3v) is 6.42. The fourth-order valence-electron chi connectivity index (χ4n) is 4.45. The van der Waals surface area contributed by atoms with Gasteiger partial charge in [0.2, 0.25) is 0 Å². The predicted molar refractivity (Wildman–Crippen MR) is 164 cm³/mol. The van der Waals surface area contributed by atoms with Crippen molar-refractivity contribution in [1.29, 1.82) is 0 Å². The Balaban J connectivity index is 1.14. The van der Waals surface area contributed by atoms with E-state index in [0.717, 1.165) is 51.1 Å². The third kappa shape index (κ3) is 5.98. The van der Waals surface area contributed by atoms with E-state index in [1.165, 1.54) is 0 Å². The van der Waals surface area contributed by atoms with Gasteiger partial charge in [-0.1, -0.05) is 66.7 Å². The maximum atomic E-state index is 6.15. The number of nitrogens with zero attached hydrogens (tertiary/aromatic N) is 3. The van der Waals surface area contributed by atoms with Gasteiger partial charge in [0.15, 0.2) is 0 Å². The fourth-order valence-corrected chi connectivity index (χ4v) is 4.45. The van der Waals surface area contributed by atoms with Crippen molar-refractivity contribution < 1.29 is 4.74 Å². The van der Waals surface area contributed by atoms with Crippen LogP contribution in [0.3, 0.4) is 0 Å². The molecule has 0 saturated carbocycles. The largest absolute Gasteiger partial charge is 0.457 e. The zero-order valence-corrected chi connectivity index (χ0v) is 21.8. The van der Waals surface area contributed by atoms with Gasteiger partial charge in [-0.2, -0.15) is 0 Å². The van der Waals surface area contributed by atoms with E-state index in [4.69, 9.17) is 4.74 Å². The van der Waals surface area contributed by atoms with Crippen LogP contribution in [0.5, 0.6) is 11.5 Å². The predicted octanol–water partition coefficient (Wildman–Crippen LogP) is 9.58. The molecule has 0 atom stereocenters. The molecule has 0 radical (unpaired) electrons. The smallest absolute Gasteiger partial charge is 0.127 e. The van der Waals surface area contributed by atoms with Gasteiger partial charge in [0.05, 0.1) is 11.4 Å². The molecule has 2 aromatic heterocycles. The van der Waals surface area contributed by atoms with Crippen LogP contribution in [-0.2, 0) is 0 Å². The molecule has 6 rings (SSSR count). The maximum absolute atomic E-state index is 6.15. The molecule has 4 heteroatoms. The number of para-hydroxylation sites is 2. The summed E-state index contributed by atoms with van der Waals surface area (Å²) >= 11 is 0. The standard InChI is InChI=1S/C36H27N3O/c1-3-9-30(10-4-1)39(31-11-5-2-6-12-31)32-18-22-34(23-19-32)40-33-20-16-28(17-21-33)14-15-29-24-26-38-36(27-29)35-13-7-8-25-37-35/h1-27H/b15-14+. The van der Waals surface area contributed by atoms with E-state index in [1.807, 2.05) is 85.1 Å². The Kier molecular flexibility index (Phi) is 7.40. The molecule has 4 nitrogen and oxygen atoms in total. The highest BCUT2D eigenvalue weighted by molar-refractivity contribution is 5.76. The third-order valence-electron chi connectivity index (χ3n) is 6.42. The number of aromatic nitrogens is 2. The molecule has 0 aliphatic heterocycles. The van der Waals surface area contributed by atoms with Gasteiger partial charge in [-0.15, -0.1) is 0 Å². The van der Waals surface area contributed by atoms with Crippen LogP contribution in [0.15, 0.2) is 152 Å². The first-order valence-electron chi connectivity index (χ1n) is 13.2. The van der Waals surface area contributed by atoms with E-state index in [9.17, 15) is 0 Å². The lowest BCUT2D eigenvalue weighted by Crippen LogP contribution is -2.09. The summed E-state index contributed by atoms with van der Waals surface area (Å²) in [5.74, 6) is 1.57. The summed E-state index contributed by atoms with van der Waals surface area (Å²) in [5.41, 5.74) is 7.13. The van der Waals surface area contributed by atoms with Crippen molar-refractivity contribution in [2.24, 2.45) is 0 Å². The molecule has 0 aliphatic carbocycles. The Morgan fingerprint density at radius 3 is 1.62 bits per heavy atom. The second-order valence-corrected chi connectivity index (χ2v) is 9.19. The van der Waals surface area contributed by atoms with Crippen LogP contribution in [0.25, 0.3) is 23.5 Å². The van der Waals surface area contributed by atoms with E-state index in [-0.39, 0.29) is 0 Å².